The minimum atomic E-state index is -0.810. The molecule has 8 heteroatoms. The molecule has 3 fully saturated rings. The van der Waals surface area contributed by atoms with Crippen molar-refractivity contribution in [3.63, 3.8) is 0 Å². The van der Waals surface area contributed by atoms with E-state index < -0.39 is 6.09 Å². The van der Waals surface area contributed by atoms with Gasteiger partial charge in [0, 0.05) is 44.7 Å². The molecule has 3 aliphatic rings. The number of amides is 1. The van der Waals surface area contributed by atoms with Crippen molar-refractivity contribution >= 4 is 17.7 Å². The van der Waals surface area contributed by atoms with Gasteiger partial charge in [-0.3, -0.25) is 0 Å². The van der Waals surface area contributed by atoms with E-state index in [2.05, 4.69) is 19.8 Å². The first kappa shape index (κ1) is 16.4. The molecule has 0 aliphatic carbocycles. The molecule has 8 nitrogen and oxygen atoms in total. The minimum absolute atomic E-state index is 0.179. The van der Waals surface area contributed by atoms with Crippen molar-refractivity contribution in [3.05, 3.63) is 12.4 Å². The molecular weight excluding hydrogens is 322 g/mol. The maximum atomic E-state index is 11.0. The largest absolute Gasteiger partial charge is 0.465 e. The summed E-state index contributed by atoms with van der Waals surface area (Å²) in [4.78, 5) is 26.0. The van der Waals surface area contributed by atoms with Gasteiger partial charge in [-0.25, -0.2) is 14.8 Å². The van der Waals surface area contributed by atoms with Crippen LogP contribution in [0.4, 0.5) is 16.4 Å². The maximum Gasteiger partial charge on any atom is 0.407 e. The molecule has 1 amide bonds. The molecule has 4 rings (SSSR count). The van der Waals surface area contributed by atoms with E-state index in [4.69, 9.17) is 5.11 Å². The van der Waals surface area contributed by atoms with Gasteiger partial charge < -0.3 is 24.9 Å². The number of aliphatic hydroxyl groups is 1. The van der Waals surface area contributed by atoms with Crippen LogP contribution in [0.3, 0.4) is 0 Å². The van der Waals surface area contributed by atoms with Gasteiger partial charge in [0.2, 0.25) is 5.95 Å². The number of carboxylic acid groups (broad SMARTS) is 1. The molecule has 0 saturated carbocycles. The van der Waals surface area contributed by atoms with E-state index >= 15 is 0 Å². The Labute approximate surface area is 147 Å². The predicted molar refractivity (Wildman–Crippen MR) is 93.0 cm³/mol. The third kappa shape index (κ3) is 3.22. The van der Waals surface area contributed by atoms with Crippen LogP contribution < -0.4 is 9.80 Å². The van der Waals surface area contributed by atoms with E-state index in [0.717, 1.165) is 63.5 Å². The molecule has 0 atom stereocenters. The molecule has 2 N–H and O–H groups in total. The van der Waals surface area contributed by atoms with E-state index in [9.17, 15) is 9.90 Å². The van der Waals surface area contributed by atoms with Gasteiger partial charge in [0.25, 0.3) is 0 Å². The Kier molecular flexibility index (Phi) is 4.15. The Bertz CT molecular complexity index is 614. The van der Waals surface area contributed by atoms with Crippen LogP contribution >= 0.6 is 0 Å². The summed E-state index contributed by atoms with van der Waals surface area (Å²) in [6.45, 7) is 4.77. The summed E-state index contributed by atoms with van der Waals surface area (Å²) in [6, 6.07) is 0. The molecule has 3 aliphatic heterocycles. The number of hydrogen-bond acceptors (Lipinski definition) is 6. The van der Waals surface area contributed by atoms with Crippen LogP contribution in [-0.4, -0.2) is 76.5 Å². The molecule has 4 heterocycles. The van der Waals surface area contributed by atoms with Crippen molar-refractivity contribution in [2.45, 2.75) is 31.8 Å². The van der Waals surface area contributed by atoms with Gasteiger partial charge in [0.1, 0.15) is 0 Å². The summed E-state index contributed by atoms with van der Waals surface area (Å²) in [6.07, 6.45) is 6.19. The molecule has 136 valence electrons. The average Bonchev–Trinajstić information content (AvgIpc) is 2.60. The first-order valence-electron chi connectivity index (χ1n) is 9.03. The van der Waals surface area contributed by atoms with Gasteiger partial charge in [-0.1, -0.05) is 0 Å². The number of anilines is 2. The van der Waals surface area contributed by atoms with E-state index in [1.807, 2.05) is 12.4 Å². The van der Waals surface area contributed by atoms with Crippen molar-refractivity contribution < 1.29 is 15.0 Å². The summed E-state index contributed by atoms with van der Waals surface area (Å²) in [5.74, 6) is 0.757. The van der Waals surface area contributed by atoms with Crippen LogP contribution in [0.15, 0.2) is 12.4 Å². The van der Waals surface area contributed by atoms with E-state index in [-0.39, 0.29) is 11.5 Å². The molecule has 1 spiro atoms. The minimum Gasteiger partial charge on any atom is -0.465 e. The summed E-state index contributed by atoms with van der Waals surface area (Å²) < 4.78 is 0. The van der Waals surface area contributed by atoms with Gasteiger partial charge in [-0.2, -0.15) is 0 Å². The number of carbonyl (C=O) groups is 1. The standard InChI is InChI=1S/C17H25N5O3/c23-14-1-5-20(6-2-14)13-9-18-15(19-10-13)22-11-17(12-22)3-7-21(8-4-17)16(24)25/h9-10,14,23H,1-8,11-12H2,(H,24,25). The fourth-order valence-corrected chi connectivity index (χ4v) is 4.16. The van der Waals surface area contributed by atoms with Crippen molar-refractivity contribution in [3.8, 4) is 0 Å². The third-order valence-electron chi connectivity index (χ3n) is 5.88. The highest BCUT2D eigenvalue weighted by atomic mass is 16.4. The second-order valence-corrected chi connectivity index (χ2v) is 7.59. The number of aromatic nitrogens is 2. The van der Waals surface area contributed by atoms with Crippen LogP contribution in [0.2, 0.25) is 0 Å². The van der Waals surface area contributed by atoms with Crippen LogP contribution in [0.25, 0.3) is 0 Å². The molecule has 0 radical (unpaired) electrons. The van der Waals surface area contributed by atoms with Gasteiger partial charge in [0.05, 0.1) is 24.2 Å². The monoisotopic (exact) mass is 347 g/mol. The molecule has 3 saturated heterocycles. The number of nitrogens with zero attached hydrogens (tertiary/aromatic N) is 5. The lowest BCUT2D eigenvalue weighted by Gasteiger charge is -2.53. The van der Waals surface area contributed by atoms with Crippen LogP contribution in [0.1, 0.15) is 25.7 Å². The van der Waals surface area contributed by atoms with Crippen molar-refractivity contribution in [2.24, 2.45) is 5.41 Å². The Morgan fingerprint density at radius 1 is 1.04 bits per heavy atom. The molecular formula is C17H25N5O3. The van der Waals surface area contributed by atoms with Gasteiger partial charge >= 0.3 is 6.09 Å². The molecule has 1 aromatic rings. The third-order valence-corrected chi connectivity index (χ3v) is 5.88. The smallest absolute Gasteiger partial charge is 0.407 e. The Balaban J connectivity index is 1.32. The van der Waals surface area contributed by atoms with Crippen LogP contribution in [-0.2, 0) is 0 Å². The number of likely N-dealkylation sites (tertiary alicyclic amines) is 1. The average molecular weight is 347 g/mol. The van der Waals surface area contributed by atoms with Gasteiger partial charge in [-0.05, 0) is 25.7 Å². The Hall–Kier alpha value is -2.09. The predicted octanol–water partition coefficient (Wildman–Crippen LogP) is 1.02. The lowest BCUT2D eigenvalue weighted by Crippen LogP contribution is -2.61. The summed E-state index contributed by atoms with van der Waals surface area (Å²) in [5.41, 5.74) is 1.25. The van der Waals surface area contributed by atoms with E-state index in [1.54, 1.807) is 0 Å². The quantitative estimate of drug-likeness (QED) is 0.825. The van der Waals surface area contributed by atoms with Crippen LogP contribution in [0.5, 0.6) is 0 Å². The van der Waals surface area contributed by atoms with Crippen molar-refractivity contribution in [1.29, 1.82) is 0 Å². The molecule has 0 bridgehead atoms. The highest BCUT2D eigenvalue weighted by Crippen LogP contribution is 2.41. The lowest BCUT2D eigenvalue weighted by atomic mass is 9.72. The first-order chi connectivity index (χ1) is 12.0. The zero-order chi connectivity index (χ0) is 17.4. The van der Waals surface area contributed by atoms with E-state index in [0.29, 0.717) is 13.1 Å². The molecule has 0 aromatic carbocycles. The zero-order valence-corrected chi connectivity index (χ0v) is 14.3. The normalized spacial score (nSPS) is 23.6. The second kappa shape index (κ2) is 6.33. The fourth-order valence-electron chi connectivity index (χ4n) is 4.16. The number of aliphatic hydroxyl groups excluding tert-OH is 1. The number of piperidine rings is 2. The Morgan fingerprint density at radius 3 is 2.20 bits per heavy atom. The van der Waals surface area contributed by atoms with Gasteiger partial charge in [-0.15, -0.1) is 0 Å². The van der Waals surface area contributed by atoms with Gasteiger partial charge in [0.15, 0.2) is 0 Å². The highest BCUT2D eigenvalue weighted by Gasteiger charge is 2.46. The number of rotatable bonds is 2. The highest BCUT2D eigenvalue weighted by molar-refractivity contribution is 5.65. The molecule has 25 heavy (non-hydrogen) atoms. The summed E-state index contributed by atoms with van der Waals surface area (Å²) >= 11 is 0. The van der Waals surface area contributed by atoms with E-state index in [1.165, 1.54) is 4.90 Å². The van der Waals surface area contributed by atoms with Crippen molar-refractivity contribution in [1.82, 2.24) is 14.9 Å². The summed E-state index contributed by atoms with van der Waals surface area (Å²) in [7, 11) is 0. The fraction of sp³-hybridized carbons (Fsp3) is 0.706. The topological polar surface area (TPSA) is 93.0 Å². The first-order valence-corrected chi connectivity index (χ1v) is 9.03. The lowest BCUT2D eigenvalue weighted by molar-refractivity contribution is 0.0703. The summed E-state index contributed by atoms with van der Waals surface area (Å²) in [5, 5.41) is 18.7. The van der Waals surface area contributed by atoms with Crippen molar-refractivity contribution in [2.75, 3.05) is 49.1 Å². The Morgan fingerprint density at radius 2 is 1.64 bits per heavy atom. The second-order valence-electron chi connectivity index (χ2n) is 7.59. The van der Waals surface area contributed by atoms with Crippen LogP contribution in [0, 0.1) is 5.41 Å². The molecule has 0 unspecified atom stereocenters. The SMILES string of the molecule is O=C(O)N1CCC2(CC1)CN(c1ncc(N3CCC(O)CC3)cn1)C2. The maximum absolute atomic E-state index is 11.0. The molecule has 1 aromatic heterocycles. The number of hydrogen-bond donors (Lipinski definition) is 2. The zero-order valence-electron chi connectivity index (χ0n) is 14.3.